The lowest BCUT2D eigenvalue weighted by Gasteiger charge is -2.36. The number of aryl methyl sites for hydroxylation is 1. The lowest BCUT2D eigenvalue weighted by molar-refractivity contribution is -0.120. The highest BCUT2D eigenvalue weighted by Crippen LogP contribution is 2.23. The molecule has 0 aromatic heterocycles. The van der Waals surface area contributed by atoms with E-state index in [0.717, 1.165) is 26.2 Å². The lowest BCUT2D eigenvalue weighted by atomic mass is 10.1. The molecular weight excluding hydrogens is 342 g/mol. The van der Waals surface area contributed by atoms with E-state index in [0.29, 0.717) is 19.5 Å². The van der Waals surface area contributed by atoms with Crippen molar-refractivity contribution in [2.75, 3.05) is 44.2 Å². The van der Waals surface area contributed by atoms with E-state index in [9.17, 15) is 9.59 Å². The van der Waals surface area contributed by atoms with Crippen molar-refractivity contribution >= 4 is 17.6 Å². The normalized spacial score (nSPS) is 15.5. The molecule has 0 radical (unpaired) electrons. The van der Waals surface area contributed by atoms with Gasteiger partial charge in [-0.3, -0.25) is 9.69 Å². The number of rotatable bonds is 6. The first-order valence-electron chi connectivity index (χ1n) is 9.68. The summed E-state index contributed by atoms with van der Waals surface area (Å²) < 4.78 is 5.16. The minimum atomic E-state index is -0.524. The van der Waals surface area contributed by atoms with Crippen molar-refractivity contribution in [3.63, 3.8) is 0 Å². The van der Waals surface area contributed by atoms with E-state index in [1.54, 1.807) is 0 Å². The molecule has 1 heterocycles. The fourth-order valence-electron chi connectivity index (χ4n) is 3.17. The number of hydrogen-bond donors (Lipinski definition) is 1. The molecule has 1 aliphatic rings. The molecule has 1 amide bonds. The number of nitrogens with one attached hydrogen (secondary N) is 1. The van der Waals surface area contributed by atoms with Crippen LogP contribution in [0.15, 0.2) is 18.2 Å². The van der Waals surface area contributed by atoms with Crippen molar-refractivity contribution in [1.29, 1.82) is 0 Å². The van der Waals surface area contributed by atoms with Crippen LogP contribution in [0.2, 0.25) is 0 Å². The van der Waals surface area contributed by atoms with Gasteiger partial charge >= 0.3 is 6.09 Å². The van der Waals surface area contributed by atoms with Crippen LogP contribution in [0.4, 0.5) is 10.5 Å². The predicted octanol–water partition coefficient (Wildman–Crippen LogP) is 2.91. The quantitative estimate of drug-likeness (QED) is 0.828. The summed E-state index contributed by atoms with van der Waals surface area (Å²) >= 11 is 0. The minimum absolute atomic E-state index is 0.145. The van der Waals surface area contributed by atoms with E-state index in [2.05, 4.69) is 47.2 Å². The zero-order chi connectivity index (χ0) is 20.0. The van der Waals surface area contributed by atoms with Gasteiger partial charge in [0.15, 0.2) is 0 Å². The fraction of sp³-hybridized carbons (Fsp3) is 0.619. The van der Waals surface area contributed by atoms with E-state index < -0.39 is 11.7 Å². The fourth-order valence-corrected chi connectivity index (χ4v) is 3.17. The topological polar surface area (TPSA) is 61.9 Å². The summed E-state index contributed by atoms with van der Waals surface area (Å²) in [6.45, 7) is 14.1. The third kappa shape index (κ3) is 6.86. The SMILES string of the molecule is Cc1cccc(N2CCN(CC(=O)CCNC(=O)OC(C)(C)C)CC2)c1C. The largest absolute Gasteiger partial charge is 0.444 e. The van der Waals surface area contributed by atoms with Crippen LogP contribution in [0, 0.1) is 13.8 Å². The number of alkyl carbamates (subject to hydrolysis) is 1. The summed E-state index contributed by atoms with van der Waals surface area (Å²) in [6.07, 6.45) is -0.145. The zero-order valence-corrected chi connectivity index (χ0v) is 17.3. The Morgan fingerprint density at radius 3 is 2.41 bits per heavy atom. The Bertz CT molecular complexity index is 659. The number of amides is 1. The second-order valence-electron chi connectivity index (χ2n) is 8.20. The molecule has 1 N–H and O–H groups in total. The Morgan fingerprint density at radius 2 is 1.78 bits per heavy atom. The summed E-state index contributed by atoms with van der Waals surface area (Å²) in [7, 11) is 0. The molecule has 1 aliphatic heterocycles. The highest BCUT2D eigenvalue weighted by molar-refractivity contribution is 5.81. The second kappa shape index (κ2) is 9.22. The van der Waals surface area contributed by atoms with Gasteiger partial charge in [0.2, 0.25) is 0 Å². The van der Waals surface area contributed by atoms with Gasteiger partial charge in [0.25, 0.3) is 0 Å². The highest BCUT2D eigenvalue weighted by atomic mass is 16.6. The molecule has 6 heteroatoms. The van der Waals surface area contributed by atoms with E-state index in [-0.39, 0.29) is 5.78 Å². The highest BCUT2D eigenvalue weighted by Gasteiger charge is 2.21. The molecular formula is C21H33N3O3. The average Bonchev–Trinajstić information content (AvgIpc) is 2.56. The third-order valence-electron chi connectivity index (χ3n) is 4.76. The maximum absolute atomic E-state index is 12.2. The van der Waals surface area contributed by atoms with Crippen molar-refractivity contribution < 1.29 is 14.3 Å². The molecule has 1 aromatic carbocycles. The number of anilines is 1. The molecule has 1 fully saturated rings. The van der Waals surface area contributed by atoms with Gasteiger partial charge in [0, 0.05) is 44.8 Å². The third-order valence-corrected chi connectivity index (χ3v) is 4.76. The number of ether oxygens (including phenoxy) is 1. The zero-order valence-electron chi connectivity index (χ0n) is 17.3. The predicted molar refractivity (Wildman–Crippen MR) is 108 cm³/mol. The first kappa shape index (κ1) is 21.2. The molecule has 0 atom stereocenters. The number of nitrogens with zero attached hydrogens (tertiary/aromatic N) is 2. The average molecular weight is 376 g/mol. The van der Waals surface area contributed by atoms with Gasteiger partial charge in [-0.1, -0.05) is 12.1 Å². The molecule has 27 heavy (non-hydrogen) atoms. The number of benzene rings is 1. The van der Waals surface area contributed by atoms with Crippen LogP contribution in [-0.2, 0) is 9.53 Å². The summed E-state index contributed by atoms with van der Waals surface area (Å²) in [5, 5.41) is 2.64. The van der Waals surface area contributed by atoms with E-state index >= 15 is 0 Å². The Hall–Kier alpha value is -2.08. The van der Waals surface area contributed by atoms with Crippen molar-refractivity contribution in [3.05, 3.63) is 29.3 Å². The molecule has 0 bridgehead atoms. The minimum Gasteiger partial charge on any atom is -0.444 e. The second-order valence-corrected chi connectivity index (χ2v) is 8.20. The van der Waals surface area contributed by atoms with Gasteiger partial charge in [0.1, 0.15) is 11.4 Å². The maximum Gasteiger partial charge on any atom is 0.407 e. The summed E-state index contributed by atoms with van der Waals surface area (Å²) in [6, 6.07) is 6.41. The number of carbonyl (C=O) groups is 2. The van der Waals surface area contributed by atoms with Gasteiger partial charge in [0.05, 0.1) is 6.54 Å². The maximum atomic E-state index is 12.2. The van der Waals surface area contributed by atoms with Gasteiger partial charge in [-0.15, -0.1) is 0 Å². The first-order valence-corrected chi connectivity index (χ1v) is 9.68. The molecule has 0 unspecified atom stereocenters. The van der Waals surface area contributed by atoms with E-state index in [1.807, 2.05) is 20.8 Å². The Morgan fingerprint density at radius 1 is 1.11 bits per heavy atom. The molecule has 0 spiro atoms. The van der Waals surface area contributed by atoms with Crippen molar-refractivity contribution in [2.24, 2.45) is 0 Å². The standard InChI is InChI=1S/C21H33N3O3/c1-16-7-6-8-19(17(16)2)24-13-11-23(12-14-24)15-18(25)9-10-22-20(26)27-21(3,4)5/h6-8H,9-15H2,1-5H3,(H,22,26). The van der Waals surface area contributed by atoms with Crippen LogP contribution in [-0.4, -0.2) is 61.6 Å². The van der Waals surface area contributed by atoms with Crippen LogP contribution < -0.4 is 10.2 Å². The van der Waals surface area contributed by atoms with Crippen LogP contribution in [0.1, 0.15) is 38.3 Å². The molecule has 1 aromatic rings. The van der Waals surface area contributed by atoms with Crippen LogP contribution >= 0.6 is 0 Å². The van der Waals surface area contributed by atoms with Crippen LogP contribution in [0.25, 0.3) is 0 Å². The Balaban J connectivity index is 1.70. The molecule has 0 aliphatic carbocycles. The van der Waals surface area contributed by atoms with Gasteiger partial charge in [-0.05, 0) is 51.8 Å². The van der Waals surface area contributed by atoms with Crippen LogP contribution in [0.3, 0.4) is 0 Å². The number of ketones is 1. The van der Waals surface area contributed by atoms with Crippen LogP contribution in [0.5, 0.6) is 0 Å². The number of carbonyl (C=O) groups excluding carboxylic acids is 2. The van der Waals surface area contributed by atoms with Gasteiger partial charge < -0.3 is 15.0 Å². The summed E-state index contributed by atoms with van der Waals surface area (Å²) in [5.74, 6) is 0.145. The number of hydrogen-bond acceptors (Lipinski definition) is 5. The molecule has 0 saturated carbocycles. The van der Waals surface area contributed by atoms with E-state index in [4.69, 9.17) is 4.74 Å². The summed E-state index contributed by atoms with van der Waals surface area (Å²) in [5.41, 5.74) is 3.41. The molecule has 6 nitrogen and oxygen atoms in total. The molecule has 1 saturated heterocycles. The monoisotopic (exact) mass is 375 g/mol. The summed E-state index contributed by atoms with van der Waals surface area (Å²) in [4.78, 5) is 28.4. The first-order chi connectivity index (χ1) is 12.7. The number of Topliss-reactive ketones (excluding diaryl/α,β-unsaturated/α-hetero) is 1. The smallest absolute Gasteiger partial charge is 0.407 e. The van der Waals surface area contributed by atoms with Crippen molar-refractivity contribution in [2.45, 2.75) is 46.6 Å². The molecule has 2 rings (SSSR count). The van der Waals surface area contributed by atoms with E-state index in [1.165, 1.54) is 16.8 Å². The van der Waals surface area contributed by atoms with Gasteiger partial charge in [-0.25, -0.2) is 4.79 Å². The number of piperazine rings is 1. The van der Waals surface area contributed by atoms with Crippen molar-refractivity contribution in [3.8, 4) is 0 Å². The Labute approximate surface area is 162 Å². The van der Waals surface area contributed by atoms with Gasteiger partial charge in [-0.2, -0.15) is 0 Å². The van der Waals surface area contributed by atoms with Crippen molar-refractivity contribution in [1.82, 2.24) is 10.2 Å². The lowest BCUT2D eigenvalue weighted by Crippen LogP contribution is -2.48. The Kier molecular flexibility index (Phi) is 7.25. The molecule has 150 valence electrons.